The summed E-state index contributed by atoms with van der Waals surface area (Å²) >= 11 is 0. The minimum Gasteiger partial charge on any atom is -0.481 e. The second-order valence-corrected chi connectivity index (χ2v) is 4.86. The number of benzene rings is 1. The zero-order valence-corrected chi connectivity index (χ0v) is 11.2. The van der Waals surface area contributed by atoms with E-state index >= 15 is 0 Å². The Kier molecular flexibility index (Phi) is 3.39. The van der Waals surface area contributed by atoms with Gasteiger partial charge in [0.25, 0.3) is 0 Å². The number of anilines is 1. The molecule has 7 nitrogen and oxygen atoms in total. The lowest BCUT2D eigenvalue weighted by Crippen LogP contribution is -2.31. The summed E-state index contributed by atoms with van der Waals surface area (Å²) in [6, 6.07) is 7.14. The van der Waals surface area contributed by atoms with Crippen LogP contribution in [0.1, 0.15) is 17.9 Å². The molecule has 0 radical (unpaired) electrons. The number of fused-ring (bicyclic) bond motifs is 1. The van der Waals surface area contributed by atoms with E-state index < -0.39 is 11.9 Å². The Bertz CT molecular complexity index is 669. The average molecular weight is 286 g/mol. The fraction of sp³-hybridized carbons (Fsp3) is 0.286. The van der Waals surface area contributed by atoms with Gasteiger partial charge in [0.1, 0.15) is 18.6 Å². The Labute approximate surface area is 120 Å². The highest BCUT2D eigenvalue weighted by atomic mass is 16.4. The van der Waals surface area contributed by atoms with E-state index in [2.05, 4.69) is 10.1 Å². The molecule has 1 aliphatic heterocycles. The summed E-state index contributed by atoms with van der Waals surface area (Å²) < 4.78 is 1.58. The lowest BCUT2D eigenvalue weighted by Gasteiger charge is -2.17. The number of amides is 1. The molecule has 108 valence electrons. The van der Waals surface area contributed by atoms with Gasteiger partial charge < -0.3 is 10.0 Å². The maximum atomic E-state index is 12.3. The highest BCUT2D eigenvalue weighted by molar-refractivity contribution is 5.98. The van der Waals surface area contributed by atoms with Gasteiger partial charge in [-0.3, -0.25) is 14.3 Å². The summed E-state index contributed by atoms with van der Waals surface area (Å²) in [5.41, 5.74) is 1.38. The third-order valence-electron chi connectivity index (χ3n) is 3.59. The van der Waals surface area contributed by atoms with Crippen LogP contribution in [0.15, 0.2) is 36.9 Å². The van der Waals surface area contributed by atoms with Crippen molar-refractivity contribution in [3.63, 3.8) is 0 Å². The number of rotatable bonds is 4. The van der Waals surface area contributed by atoms with Crippen molar-refractivity contribution in [3.05, 3.63) is 42.5 Å². The number of carboxylic acids is 1. The Morgan fingerprint density at radius 3 is 2.86 bits per heavy atom. The first-order valence-electron chi connectivity index (χ1n) is 6.61. The maximum absolute atomic E-state index is 12.3. The first-order valence-corrected chi connectivity index (χ1v) is 6.61. The van der Waals surface area contributed by atoms with Gasteiger partial charge in [0.15, 0.2) is 0 Å². The molecular formula is C14H14N4O3. The highest BCUT2D eigenvalue weighted by Gasteiger charge is 2.35. The zero-order valence-electron chi connectivity index (χ0n) is 11.2. The minimum atomic E-state index is -0.908. The molecule has 0 saturated heterocycles. The second kappa shape index (κ2) is 5.35. The third-order valence-corrected chi connectivity index (χ3v) is 3.59. The van der Waals surface area contributed by atoms with Crippen LogP contribution in [0.2, 0.25) is 0 Å². The molecule has 0 saturated carbocycles. The SMILES string of the molecule is O=C(O)C1CN(C(=O)CCn2cncn2)c2ccccc21. The molecule has 1 aromatic carbocycles. The number of para-hydroxylation sites is 1. The van der Waals surface area contributed by atoms with Crippen molar-refractivity contribution < 1.29 is 14.7 Å². The van der Waals surface area contributed by atoms with E-state index in [4.69, 9.17) is 0 Å². The molecule has 1 atom stereocenters. The molecule has 1 aliphatic rings. The van der Waals surface area contributed by atoms with E-state index in [1.807, 2.05) is 0 Å². The maximum Gasteiger partial charge on any atom is 0.312 e. The number of aryl methyl sites for hydroxylation is 1. The molecule has 21 heavy (non-hydrogen) atoms. The van der Waals surface area contributed by atoms with Crippen LogP contribution in [-0.4, -0.2) is 38.3 Å². The van der Waals surface area contributed by atoms with Crippen LogP contribution in [0.5, 0.6) is 0 Å². The van der Waals surface area contributed by atoms with E-state index in [0.717, 1.165) is 0 Å². The monoisotopic (exact) mass is 286 g/mol. The van der Waals surface area contributed by atoms with Gasteiger partial charge >= 0.3 is 5.97 Å². The van der Waals surface area contributed by atoms with Crippen LogP contribution in [0.4, 0.5) is 5.69 Å². The van der Waals surface area contributed by atoms with Gasteiger partial charge in [-0.1, -0.05) is 18.2 Å². The largest absolute Gasteiger partial charge is 0.481 e. The first kappa shape index (κ1) is 13.3. The number of carboxylic acid groups (broad SMARTS) is 1. The number of hydrogen-bond donors (Lipinski definition) is 1. The molecule has 1 unspecified atom stereocenters. The van der Waals surface area contributed by atoms with Gasteiger partial charge in [-0.2, -0.15) is 5.10 Å². The molecule has 1 N–H and O–H groups in total. The van der Waals surface area contributed by atoms with Crippen molar-refractivity contribution in [2.75, 3.05) is 11.4 Å². The molecule has 0 fully saturated rings. The fourth-order valence-electron chi connectivity index (χ4n) is 2.55. The standard InChI is InChI=1S/C14H14N4O3/c19-13(5-6-17-9-15-8-16-17)18-7-11(14(20)21)10-3-1-2-4-12(10)18/h1-4,8-9,11H,5-7H2,(H,20,21). The van der Waals surface area contributed by atoms with Crippen molar-refractivity contribution in [2.45, 2.75) is 18.9 Å². The lowest BCUT2D eigenvalue weighted by atomic mass is 10.0. The number of hydrogen-bond acceptors (Lipinski definition) is 4. The van der Waals surface area contributed by atoms with E-state index in [1.165, 1.54) is 6.33 Å². The summed E-state index contributed by atoms with van der Waals surface area (Å²) in [5.74, 6) is -1.67. The van der Waals surface area contributed by atoms with E-state index in [1.54, 1.807) is 40.2 Å². The summed E-state index contributed by atoms with van der Waals surface area (Å²) in [5, 5.41) is 13.2. The molecule has 2 aromatic rings. The van der Waals surface area contributed by atoms with Gasteiger partial charge in [0, 0.05) is 18.7 Å². The molecule has 3 rings (SSSR count). The van der Waals surface area contributed by atoms with Crippen LogP contribution >= 0.6 is 0 Å². The van der Waals surface area contributed by atoms with Gasteiger partial charge in [-0.25, -0.2) is 4.98 Å². The summed E-state index contributed by atoms with van der Waals surface area (Å²) in [6.07, 6.45) is 3.21. The number of carbonyl (C=O) groups is 2. The summed E-state index contributed by atoms with van der Waals surface area (Å²) in [4.78, 5) is 29.0. The number of aromatic nitrogens is 3. The van der Waals surface area contributed by atoms with Crippen molar-refractivity contribution >= 4 is 17.6 Å². The first-order chi connectivity index (χ1) is 10.2. The van der Waals surface area contributed by atoms with Crippen LogP contribution in [-0.2, 0) is 16.1 Å². The number of aliphatic carboxylic acids is 1. The fourth-order valence-corrected chi connectivity index (χ4v) is 2.55. The minimum absolute atomic E-state index is 0.110. The predicted molar refractivity (Wildman–Crippen MR) is 73.8 cm³/mol. The Balaban J connectivity index is 1.76. The van der Waals surface area contributed by atoms with Crippen molar-refractivity contribution in [1.82, 2.24) is 14.8 Å². The summed E-state index contributed by atoms with van der Waals surface area (Å²) in [7, 11) is 0. The van der Waals surface area contributed by atoms with E-state index in [-0.39, 0.29) is 18.9 Å². The molecule has 1 amide bonds. The van der Waals surface area contributed by atoms with Crippen molar-refractivity contribution in [2.24, 2.45) is 0 Å². The third kappa shape index (κ3) is 2.49. The molecular weight excluding hydrogens is 272 g/mol. The topological polar surface area (TPSA) is 88.3 Å². The normalized spacial score (nSPS) is 16.8. The van der Waals surface area contributed by atoms with Gasteiger partial charge in [-0.05, 0) is 11.6 Å². The number of carbonyl (C=O) groups excluding carboxylic acids is 1. The summed E-state index contributed by atoms with van der Waals surface area (Å²) in [6.45, 7) is 0.611. The molecule has 0 spiro atoms. The van der Waals surface area contributed by atoms with Crippen molar-refractivity contribution in [3.8, 4) is 0 Å². The highest BCUT2D eigenvalue weighted by Crippen LogP contribution is 2.36. The lowest BCUT2D eigenvalue weighted by molar-refractivity contribution is -0.138. The van der Waals surface area contributed by atoms with E-state index in [0.29, 0.717) is 17.8 Å². The Morgan fingerprint density at radius 1 is 1.33 bits per heavy atom. The van der Waals surface area contributed by atoms with Gasteiger partial charge in [0.2, 0.25) is 5.91 Å². The molecule has 2 heterocycles. The van der Waals surface area contributed by atoms with Crippen LogP contribution in [0.3, 0.4) is 0 Å². The van der Waals surface area contributed by atoms with Crippen molar-refractivity contribution in [1.29, 1.82) is 0 Å². The van der Waals surface area contributed by atoms with Crippen LogP contribution < -0.4 is 4.90 Å². The second-order valence-electron chi connectivity index (χ2n) is 4.86. The van der Waals surface area contributed by atoms with Crippen LogP contribution in [0, 0.1) is 0 Å². The zero-order chi connectivity index (χ0) is 14.8. The molecule has 1 aromatic heterocycles. The quantitative estimate of drug-likeness (QED) is 0.901. The smallest absolute Gasteiger partial charge is 0.312 e. The van der Waals surface area contributed by atoms with Gasteiger partial charge in [0.05, 0.1) is 6.54 Å². The Hall–Kier alpha value is -2.70. The van der Waals surface area contributed by atoms with Gasteiger partial charge in [-0.15, -0.1) is 0 Å². The Morgan fingerprint density at radius 2 is 2.14 bits per heavy atom. The molecule has 0 bridgehead atoms. The number of nitrogens with zero attached hydrogens (tertiary/aromatic N) is 4. The molecule has 7 heteroatoms. The average Bonchev–Trinajstić information content (AvgIpc) is 3.12. The predicted octanol–water partition coefficient (Wildman–Crippen LogP) is 0.883. The van der Waals surface area contributed by atoms with Crippen LogP contribution in [0.25, 0.3) is 0 Å². The molecule has 0 aliphatic carbocycles. The van der Waals surface area contributed by atoms with E-state index in [9.17, 15) is 14.7 Å².